The van der Waals surface area contributed by atoms with E-state index in [1.165, 1.54) is 18.4 Å². The standard InChI is InChI=1S/C17H25NO/c1-17(2)12-13(9-11-19-17)14-6-3-4-7-15(14)16-8-5-10-18-16/h3-4,6-7,13,16,18H,5,8-12H2,1-2H3/t13-,16+/m0/s1. The summed E-state index contributed by atoms with van der Waals surface area (Å²) in [4.78, 5) is 0. The van der Waals surface area contributed by atoms with Crippen LogP contribution in [0, 0.1) is 0 Å². The Morgan fingerprint density at radius 2 is 1.95 bits per heavy atom. The maximum absolute atomic E-state index is 5.87. The van der Waals surface area contributed by atoms with Crippen LogP contribution in [0.4, 0.5) is 0 Å². The Hall–Kier alpha value is -0.860. The van der Waals surface area contributed by atoms with Crippen molar-refractivity contribution in [3.63, 3.8) is 0 Å². The number of rotatable bonds is 2. The molecule has 2 fully saturated rings. The van der Waals surface area contributed by atoms with Crippen LogP contribution in [0.1, 0.15) is 62.6 Å². The summed E-state index contributed by atoms with van der Waals surface area (Å²) in [6.45, 7) is 6.49. The molecule has 3 rings (SSSR count). The van der Waals surface area contributed by atoms with Gasteiger partial charge in [0.2, 0.25) is 0 Å². The van der Waals surface area contributed by atoms with Crippen LogP contribution in [0.15, 0.2) is 24.3 Å². The van der Waals surface area contributed by atoms with Gasteiger partial charge in [0.1, 0.15) is 0 Å². The van der Waals surface area contributed by atoms with E-state index in [1.54, 1.807) is 5.56 Å². The van der Waals surface area contributed by atoms with Crippen molar-refractivity contribution in [2.75, 3.05) is 13.2 Å². The van der Waals surface area contributed by atoms with E-state index >= 15 is 0 Å². The highest BCUT2D eigenvalue weighted by Gasteiger charge is 2.31. The van der Waals surface area contributed by atoms with Crippen molar-refractivity contribution in [2.24, 2.45) is 0 Å². The molecule has 2 atom stereocenters. The van der Waals surface area contributed by atoms with Crippen molar-refractivity contribution in [3.8, 4) is 0 Å². The van der Waals surface area contributed by atoms with Gasteiger partial charge in [-0.15, -0.1) is 0 Å². The molecule has 2 nitrogen and oxygen atoms in total. The highest BCUT2D eigenvalue weighted by Crippen LogP contribution is 2.39. The first-order valence-corrected chi connectivity index (χ1v) is 7.62. The van der Waals surface area contributed by atoms with Crippen LogP contribution in [0.25, 0.3) is 0 Å². The van der Waals surface area contributed by atoms with Crippen molar-refractivity contribution in [1.82, 2.24) is 5.32 Å². The first-order valence-electron chi connectivity index (χ1n) is 7.62. The summed E-state index contributed by atoms with van der Waals surface area (Å²) >= 11 is 0. The SMILES string of the molecule is CC1(C)C[C@@H](c2ccccc2[C@H]2CCCN2)CCO1. The van der Waals surface area contributed by atoms with Gasteiger partial charge in [-0.25, -0.2) is 0 Å². The number of hydrogen-bond acceptors (Lipinski definition) is 2. The number of hydrogen-bond donors (Lipinski definition) is 1. The number of benzene rings is 1. The zero-order chi connectivity index (χ0) is 13.3. The van der Waals surface area contributed by atoms with Crippen LogP contribution in [0.5, 0.6) is 0 Å². The molecule has 19 heavy (non-hydrogen) atoms. The van der Waals surface area contributed by atoms with E-state index < -0.39 is 0 Å². The molecule has 2 heteroatoms. The lowest BCUT2D eigenvalue weighted by molar-refractivity contribution is -0.0594. The third kappa shape index (κ3) is 2.85. The molecule has 0 aromatic heterocycles. The Kier molecular flexibility index (Phi) is 3.64. The van der Waals surface area contributed by atoms with Gasteiger partial charge in [-0.2, -0.15) is 0 Å². The van der Waals surface area contributed by atoms with E-state index in [0.717, 1.165) is 26.0 Å². The second-order valence-electron chi connectivity index (χ2n) is 6.58. The Morgan fingerprint density at radius 3 is 2.63 bits per heavy atom. The summed E-state index contributed by atoms with van der Waals surface area (Å²) < 4.78 is 5.87. The van der Waals surface area contributed by atoms with Gasteiger partial charge >= 0.3 is 0 Å². The lowest BCUT2D eigenvalue weighted by Gasteiger charge is -2.37. The minimum absolute atomic E-state index is 0.0269. The number of nitrogens with one attached hydrogen (secondary N) is 1. The zero-order valence-corrected chi connectivity index (χ0v) is 12.1. The third-order valence-corrected chi connectivity index (χ3v) is 4.57. The Bertz CT molecular complexity index is 435. The maximum atomic E-state index is 5.87. The fourth-order valence-electron chi connectivity index (χ4n) is 3.65. The van der Waals surface area contributed by atoms with Crippen LogP contribution in [-0.2, 0) is 4.74 Å². The largest absolute Gasteiger partial charge is 0.376 e. The topological polar surface area (TPSA) is 21.3 Å². The van der Waals surface area contributed by atoms with Crippen molar-refractivity contribution in [3.05, 3.63) is 35.4 Å². The van der Waals surface area contributed by atoms with Gasteiger partial charge in [-0.1, -0.05) is 24.3 Å². The highest BCUT2D eigenvalue weighted by molar-refractivity contribution is 5.34. The summed E-state index contributed by atoms with van der Waals surface area (Å²) in [5, 5.41) is 3.64. The minimum Gasteiger partial charge on any atom is -0.376 e. The zero-order valence-electron chi connectivity index (χ0n) is 12.1. The molecule has 0 radical (unpaired) electrons. The van der Waals surface area contributed by atoms with E-state index in [1.807, 2.05) is 0 Å². The van der Waals surface area contributed by atoms with Crippen molar-refractivity contribution >= 4 is 0 Å². The minimum atomic E-state index is 0.0269. The van der Waals surface area contributed by atoms with Crippen LogP contribution >= 0.6 is 0 Å². The first-order chi connectivity index (χ1) is 9.16. The quantitative estimate of drug-likeness (QED) is 0.872. The predicted molar refractivity (Wildman–Crippen MR) is 78.4 cm³/mol. The van der Waals surface area contributed by atoms with Gasteiger partial charge < -0.3 is 10.1 Å². The fraction of sp³-hybridized carbons (Fsp3) is 0.647. The molecule has 0 bridgehead atoms. The average molecular weight is 259 g/mol. The van der Waals surface area contributed by atoms with Crippen LogP contribution in [0.2, 0.25) is 0 Å². The predicted octanol–water partition coefficient (Wildman–Crippen LogP) is 3.78. The van der Waals surface area contributed by atoms with Crippen LogP contribution in [-0.4, -0.2) is 18.8 Å². The van der Waals surface area contributed by atoms with E-state index in [2.05, 4.69) is 43.4 Å². The molecule has 1 N–H and O–H groups in total. The van der Waals surface area contributed by atoms with Crippen LogP contribution < -0.4 is 5.32 Å². The molecule has 104 valence electrons. The van der Waals surface area contributed by atoms with E-state index in [9.17, 15) is 0 Å². The lowest BCUT2D eigenvalue weighted by atomic mass is 9.80. The Morgan fingerprint density at radius 1 is 1.16 bits per heavy atom. The van der Waals surface area contributed by atoms with Gasteiger partial charge in [-0.05, 0) is 63.1 Å². The molecule has 1 aromatic rings. The van der Waals surface area contributed by atoms with Gasteiger partial charge in [0.25, 0.3) is 0 Å². The summed E-state index contributed by atoms with van der Waals surface area (Å²) in [6, 6.07) is 9.60. The summed E-state index contributed by atoms with van der Waals surface area (Å²) in [6.07, 6.45) is 4.88. The van der Waals surface area contributed by atoms with Gasteiger partial charge in [-0.3, -0.25) is 0 Å². The highest BCUT2D eigenvalue weighted by atomic mass is 16.5. The summed E-state index contributed by atoms with van der Waals surface area (Å²) in [5.74, 6) is 0.655. The molecule has 1 aromatic carbocycles. The molecule has 2 aliphatic heterocycles. The monoisotopic (exact) mass is 259 g/mol. The molecular formula is C17H25NO. The van der Waals surface area contributed by atoms with Crippen molar-refractivity contribution < 1.29 is 4.74 Å². The second kappa shape index (κ2) is 5.26. The third-order valence-electron chi connectivity index (χ3n) is 4.57. The molecule has 2 saturated heterocycles. The van der Waals surface area contributed by atoms with Crippen molar-refractivity contribution in [1.29, 1.82) is 0 Å². The smallest absolute Gasteiger partial charge is 0.0632 e. The molecule has 0 spiro atoms. The second-order valence-corrected chi connectivity index (χ2v) is 6.58. The molecule has 2 heterocycles. The molecule has 0 aliphatic carbocycles. The number of ether oxygens (including phenoxy) is 1. The fourth-order valence-corrected chi connectivity index (χ4v) is 3.65. The molecule has 0 unspecified atom stereocenters. The summed E-state index contributed by atoms with van der Waals surface area (Å²) in [7, 11) is 0. The lowest BCUT2D eigenvalue weighted by Crippen LogP contribution is -2.33. The van der Waals surface area contributed by atoms with Crippen molar-refractivity contribution in [2.45, 2.75) is 57.1 Å². The average Bonchev–Trinajstić information content (AvgIpc) is 2.91. The van der Waals surface area contributed by atoms with Gasteiger partial charge in [0.05, 0.1) is 5.60 Å². The van der Waals surface area contributed by atoms with E-state index in [-0.39, 0.29) is 5.60 Å². The van der Waals surface area contributed by atoms with Gasteiger partial charge in [0, 0.05) is 12.6 Å². The summed E-state index contributed by atoms with van der Waals surface area (Å²) in [5.41, 5.74) is 3.11. The molecule has 2 aliphatic rings. The van der Waals surface area contributed by atoms with E-state index in [4.69, 9.17) is 4.74 Å². The molecular weight excluding hydrogens is 234 g/mol. The molecule has 0 saturated carbocycles. The molecule has 0 amide bonds. The normalized spacial score (nSPS) is 30.4. The van der Waals surface area contributed by atoms with E-state index in [0.29, 0.717) is 12.0 Å². The Labute approximate surface area is 116 Å². The van der Waals surface area contributed by atoms with Gasteiger partial charge in [0.15, 0.2) is 0 Å². The maximum Gasteiger partial charge on any atom is 0.0632 e. The Balaban J connectivity index is 1.87. The first kappa shape index (κ1) is 13.1. The van der Waals surface area contributed by atoms with Crippen LogP contribution in [0.3, 0.4) is 0 Å².